The van der Waals surface area contributed by atoms with Crippen molar-refractivity contribution in [2.45, 2.75) is 51.0 Å². The van der Waals surface area contributed by atoms with Gasteiger partial charge in [0.15, 0.2) is 0 Å². The van der Waals surface area contributed by atoms with E-state index in [1.807, 2.05) is 0 Å². The van der Waals surface area contributed by atoms with Gasteiger partial charge >= 0.3 is 0 Å². The second-order valence-corrected chi connectivity index (χ2v) is 4.07. The summed E-state index contributed by atoms with van der Waals surface area (Å²) in [6, 6.07) is 0.563. The summed E-state index contributed by atoms with van der Waals surface area (Å²) >= 11 is 0. The molecule has 1 atom stereocenters. The van der Waals surface area contributed by atoms with Gasteiger partial charge in [0.25, 0.3) is 0 Å². The Labute approximate surface area is 63.0 Å². The van der Waals surface area contributed by atoms with Crippen molar-refractivity contribution in [2.24, 2.45) is 11.1 Å². The average molecular weight is 139 g/mol. The Hall–Kier alpha value is -0.0400. The first-order valence-electron chi connectivity index (χ1n) is 4.59. The first-order chi connectivity index (χ1) is 4.83. The second-order valence-electron chi connectivity index (χ2n) is 4.07. The first kappa shape index (κ1) is 6.66. The molecule has 2 saturated carbocycles. The molecule has 0 amide bonds. The SMILES string of the molecule is N[C@H]1CCC12CCCCC2. The molecule has 0 heterocycles. The van der Waals surface area contributed by atoms with Gasteiger partial charge < -0.3 is 5.73 Å². The van der Waals surface area contributed by atoms with E-state index in [4.69, 9.17) is 5.73 Å². The Kier molecular flexibility index (Phi) is 1.48. The summed E-state index contributed by atoms with van der Waals surface area (Å²) in [6.07, 6.45) is 9.90. The number of rotatable bonds is 0. The quantitative estimate of drug-likeness (QED) is 0.546. The summed E-state index contributed by atoms with van der Waals surface area (Å²) in [5.74, 6) is 0. The van der Waals surface area contributed by atoms with Crippen LogP contribution in [0.3, 0.4) is 0 Å². The van der Waals surface area contributed by atoms with E-state index in [9.17, 15) is 0 Å². The van der Waals surface area contributed by atoms with Gasteiger partial charge in [-0.2, -0.15) is 0 Å². The zero-order chi connectivity index (χ0) is 7.03. The highest BCUT2D eigenvalue weighted by molar-refractivity contribution is 4.99. The molecular weight excluding hydrogens is 122 g/mol. The minimum Gasteiger partial charge on any atom is -0.327 e. The number of nitrogens with two attached hydrogens (primary N) is 1. The normalized spacial score (nSPS) is 37.5. The van der Waals surface area contributed by atoms with E-state index in [2.05, 4.69) is 0 Å². The maximum absolute atomic E-state index is 5.99. The predicted octanol–water partition coefficient (Wildman–Crippen LogP) is 2.06. The summed E-state index contributed by atoms with van der Waals surface area (Å²) < 4.78 is 0. The van der Waals surface area contributed by atoms with Gasteiger partial charge in [-0.05, 0) is 31.1 Å². The van der Waals surface area contributed by atoms with Crippen molar-refractivity contribution in [3.63, 3.8) is 0 Å². The lowest BCUT2D eigenvalue weighted by molar-refractivity contribution is 0.0457. The molecule has 0 aromatic carbocycles. The van der Waals surface area contributed by atoms with Crippen LogP contribution in [0.1, 0.15) is 44.9 Å². The van der Waals surface area contributed by atoms with Crippen LogP contribution in [-0.4, -0.2) is 6.04 Å². The second kappa shape index (κ2) is 2.23. The van der Waals surface area contributed by atoms with Crippen molar-refractivity contribution in [1.82, 2.24) is 0 Å². The third-order valence-electron chi connectivity index (χ3n) is 3.59. The average Bonchev–Trinajstić information content (AvgIpc) is 2.04. The van der Waals surface area contributed by atoms with E-state index in [-0.39, 0.29) is 0 Å². The van der Waals surface area contributed by atoms with Crippen LogP contribution in [0.5, 0.6) is 0 Å². The predicted molar refractivity (Wildman–Crippen MR) is 42.7 cm³/mol. The fraction of sp³-hybridized carbons (Fsp3) is 1.00. The minimum atomic E-state index is 0.563. The van der Waals surface area contributed by atoms with Crippen molar-refractivity contribution < 1.29 is 0 Å². The fourth-order valence-electron chi connectivity index (χ4n) is 2.60. The molecule has 0 unspecified atom stereocenters. The van der Waals surface area contributed by atoms with Crippen LogP contribution in [0.2, 0.25) is 0 Å². The fourth-order valence-corrected chi connectivity index (χ4v) is 2.60. The Balaban J connectivity index is 1.99. The minimum absolute atomic E-state index is 0.563. The standard InChI is InChI=1S/C9H17N/c10-8-4-7-9(8)5-2-1-3-6-9/h8H,1-7,10H2/t8-/m0/s1. The lowest BCUT2D eigenvalue weighted by atomic mass is 9.58. The largest absolute Gasteiger partial charge is 0.327 e. The van der Waals surface area contributed by atoms with Crippen molar-refractivity contribution in [3.05, 3.63) is 0 Å². The molecule has 2 aliphatic carbocycles. The van der Waals surface area contributed by atoms with Gasteiger partial charge in [-0.1, -0.05) is 19.3 Å². The number of hydrogen-bond donors (Lipinski definition) is 1. The van der Waals surface area contributed by atoms with Gasteiger partial charge in [0, 0.05) is 6.04 Å². The monoisotopic (exact) mass is 139 g/mol. The summed E-state index contributed by atoms with van der Waals surface area (Å²) in [7, 11) is 0. The molecule has 0 aromatic heterocycles. The van der Waals surface area contributed by atoms with Gasteiger partial charge in [0.1, 0.15) is 0 Å². The van der Waals surface area contributed by atoms with Crippen LogP contribution in [0.25, 0.3) is 0 Å². The highest BCUT2D eigenvalue weighted by Gasteiger charge is 2.44. The lowest BCUT2D eigenvalue weighted by Crippen LogP contribution is -2.51. The van der Waals surface area contributed by atoms with Gasteiger partial charge in [0.05, 0.1) is 0 Å². The molecule has 2 rings (SSSR count). The van der Waals surface area contributed by atoms with Crippen LogP contribution in [0, 0.1) is 5.41 Å². The van der Waals surface area contributed by atoms with Crippen LogP contribution < -0.4 is 5.73 Å². The van der Waals surface area contributed by atoms with Crippen LogP contribution in [0.4, 0.5) is 0 Å². The third kappa shape index (κ3) is 0.800. The molecule has 2 fully saturated rings. The van der Waals surface area contributed by atoms with E-state index in [0.29, 0.717) is 11.5 Å². The summed E-state index contributed by atoms with van der Waals surface area (Å²) in [5.41, 5.74) is 6.63. The molecule has 2 N–H and O–H groups in total. The molecule has 0 aliphatic heterocycles. The summed E-state index contributed by atoms with van der Waals surface area (Å²) in [4.78, 5) is 0. The zero-order valence-corrected chi connectivity index (χ0v) is 6.60. The third-order valence-corrected chi connectivity index (χ3v) is 3.59. The van der Waals surface area contributed by atoms with Crippen LogP contribution in [0.15, 0.2) is 0 Å². The first-order valence-corrected chi connectivity index (χ1v) is 4.59. The Bertz CT molecular complexity index is 125. The van der Waals surface area contributed by atoms with Gasteiger partial charge in [-0.3, -0.25) is 0 Å². The van der Waals surface area contributed by atoms with Crippen LogP contribution >= 0.6 is 0 Å². The van der Waals surface area contributed by atoms with E-state index >= 15 is 0 Å². The molecule has 0 bridgehead atoms. The maximum Gasteiger partial charge on any atom is 0.00957 e. The maximum atomic E-state index is 5.99. The van der Waals surface area contributed by atoms with E-state index < -0.39 is 0 Å². The summed E-state index contributed by atoms with van der Waals surface area (Å²) in [5, 5.41) is 0. The van der Waals surface area contributed by atoms with Gasteiger partial charge in [0.2, 0.25) is 0 Å². The molecule has 0 aromatic rings. The molecule has 10 heavy (non-hydrogen) atoms. The van der Waals surface area contributed by atoms with Crippen LogP contribution in [-0.2, 0) is 0 Å². The summed E-state index contributed by atoms with van der Waals surface area (Å²) in [6.45, 7) is 0. The molecule has 2 aliphatic rings. The molecule has 1 nitrogen and oxygen atoms in total. The van der Waals surface area contributed by atoms with Crippen molar-refractivity contribution in [1.29, 1.82) is 0 Å². The lowest BCUT2D eigenvalue weighted by Gasteiger charge is -2.50. The van der Waals surface area contributed by atoms with Gasteiger partial charge in [-0.25, -0.2) is 0 Å². The highest BCUT2D eigenvalue weighted by Crippen LogP contribution is 2.50. The number of hydrogen-bond acceptors (Lipinski definition) is 1. The van der Waals surface area contributed by atoms with E-state index in [1.165, 1.54) is 44.9 Å². The van der Waals surface area contributed by atoms with Crippen molar-refractivity contribution >= 4 is 0 Å². The Morgan fingerprint density at radius 1 is 1.00 bits per heavy atom. The smallest absolute Gasteiger partial charge is 0.00957 e. The van der Waals surface area contributed by atoms with Gasteiger partial charge in [-0.15, -0.1) is 0 Å². The van der Waals surface area contributed by atoms with Crippen molar-refractivity contribution in [3.8, 4) is 0 Å². The molecule has 1 heteroatoms. The zero-order valence-electron chi connectivity index (χ0n) is 6.60. The molecule has 1 spiro atoms. The Morgan fingerprint density at radius 3 is 2.00 bits per heavy atom. The van der Waals surface area contributed by atoms with E-state index in [0.717, 1.165) is 0 Å². The molecule has 0 saturated heterocycles. The van der Waals surface area contributed by atoms with Crippen molar-refractivity contribution in [2.75, 3.05) is 0 Å². The molecular formula is C9H17N. The Morgan fingerprint density at radius 2 is 1.70 bits per heavy atom. The topological polar surface area (TPSA) is 26.0 Å². The molecule has 58 valence electrons. The highest BCUT2D eigenvalue weighted by atomic mass is 14.7. The van der Waals surface area contributed by atoms with E-state index in [1.54, 1.807) is 0 Å². The molecule has 0 radical (unpaired) electrons.